The fourth-order valence-corrected chi connectivity index (χ4v) is 3.20. The van der Waals surface area contributed by atoms with Gasteiger partial charge in [-0.2, -0.15) is 5.10 Å². The second-order valence-electron chi connectivity index (χ2n) is 6.97. The first-order chi connectivity index (χ1) is 14.0. The van der Waals surface area contributed by atoms with Gasteiger partial charge in [-0.05, 0) is 50.2 Å². The van der Waals surface area contributed by atoms with E-state index in [0.717, 1.165) is 34.0 Å². The molecule has 0 aliphatic rings. The molecule has 2 aromatic carbocycles. The summed E-state index contributed by atoms with van der Waals surface area (Å²) in [5.74, 6) is 0.611. The lowest BCUT2D eigenvalue weighted by Gasteiger charge is -2.08. The number of benzene rings is 2. The van der Waals surface area contributed by atoms with Crippen molar-refractivity contribution in [3.05, 3.63) is 77.6 Å². The number of imidazole rings is 1. The molecule has 1 N–H and O–H groups in total. The van der Waals surface area contributed by atoms with Crippen LogP contribution in [0.15, 0.2) is 60.7 Å². The van der Waals surface area contributed by atoms with Gasteiger partial charge < -0.3 is 10.1 Å². The van der Waals surface area contributed by atoms with Gasteiger partial charge in [-0.1, -0.05) is 29.8 Å². The molecule has 0 fully saturated rings. The van der Waals surface area contributed by atoms with Crippen LogP contribution in [-0.4, -0.2) is 27.6 Å². The number of hydrogen-bond donors (Lipinski definition) is 1. The van der Waals surface area contributed by atoms with E-state index >= 15 is 0 Å². The van der Waals surface area contributed by atoms with Crippen molar-refractivity contribution >= 4 is 17.2 Å². The van der Waals surface area contributed by atoms with Crippen LogP contribution in [0.5, 0.6) is 5.75 Å². The Morgan fingerprint density at radius 2 is 1.72 bits per heavy atom. The average Bonchev–Trinajstić information content (AvgIpc) is 3.06. The van der Waals surface area contributed by atoms with Gasteiger partial charge in [-0.3, -0.25) is 4.79 Å². The molecule has 0 saturated heterocycles. The zero-order valence-electron chi connectivity index (χ0n) is 16.6. The first kappa shape index (κ1) is 18.7. The highest BCUT2D eigenvalue weighted by atomic mass is 16.5. The van der Waals surface area contributed by atoms with Crippen LogP contribution in [0, 0.1) is 13.8 Å². The number of anilines is 1. The molecule has 146 valence electrons. The molecule has 2 aromatic heterocycles. The number of aromatic nitrogens is 3. The standard InChI is InChI=1S/C23H22N4O2/c1-15-4-7-17(8-5-15)23-20(27-21(25-23)13-6-16(2)26-27)14-22(28)24-18-9-11-19(29-3)12-10-18/h4-13H,14H2,1-3H3,(H,24,28). The van der Waals surface area contributed by atoms with Gasteiger partial charge in [0.1, 0.15) is 5.75 Å². The number of methoxy groups -OCH3 is 1. The normalized spacial score (nSPS) is 10.9. The van der Waals surface area contributed by atoms with Gasteiger partial charge in [-0.15, -0.1) is 0 Å². The average molecular weight is 386 g/mol. The molecule has 2 heterocycles. The van der Waals surface area contributed by atoms with E-state index < -0.39 is 0 Å². The molecule has 0 radical (unpaired) electrons. The van der Waals surface area contributed by atoms with E-state index in [0.29, 0.717) is 5.69 Å². The Morgan fingerprint density at radius 3 is 2.41 bits per heavy atom. The molecule has 4 aromatic rings. The maximum absolute atomic E-state index is 12.8. The van der Waals surface area contributed by atoms with E-state index in [4.69, 9.17) is 9.72 Å². The zero-order valence-corrected chi connectivity index (χ0v) is 16.6. The van der Waals surface area contributed by atoms with E-state index in [1.165, 1.54) is 5.56 Å². The van der Waals surface area contributed by atoms with Crippen molar-refractivity contribution in [3.63, 3.8) is 0 Å². The number of carbonyl (C=O) groups excluding carboxylic acids is 1. The zero-order chi connectivity index (χ0) is 20.4. The predicted octanol–water partition coefficient (Wildman–Crippen LogP) is 4.20. The Balaban J connectivity index is 1.68. The van der Waals surface area contributed by atoms with Gasteiger partial charge >= 0.3 is 0 Å². The summed E-state index contributed by atoms with van der Waals surface area (Å²) in [5, 5.41) is 7.51. The summed E-state index contributed by atoms with van der Waals surface area (Å²) in [6.07, 6.45) is 0.160. The summed E-state index contributed by atoms with van der Waals surface area (Å²) >= 11 is 0. The van der Waals surface area contributed by atoms with Crippen LogP contribution >= 0.6 is 0 Å². The van der Waals surface area contributed by atoms with E-state index in [1.54, 1.807) is 11.6 Å². The summed E-state index contributed by atoms with van der Waals surface area (Å²) in [5.41, 5.74) is 5.97. The van der Waals surface area contributed by atoms with E-state index in [-0.39, 0.29) is 12.3 Å². The molecule has 0 bridgehead atoms. The summed E-state index contributed by atoms with van der Waals surface area (Å²) in [6.45, 7) is 3.97. The fraction of sp³-hybridized carbons (Fsp3) is 0.174. The number of hydrogen-bond acceptors (Lipinski definition) is 4. The summed E-state index contributed by atoms with van der Waals surface area (Å²) in [7, 11) is 1.61. The molecule has 6 heteroatoms. The van der Waals surface area contributed by atoms with Crippen LogP contribution in [0.4, 0.5) is 5.69 Å². The third-order valence-electron chi connectivity index (χ3n) is 4.73. The number of aryl methyl sites for hydroxylation is 2. The fourth-order valence-electron chi connectivity index (χ4n) is 3.20. The maximum Gasteiger partial charge on any atom is 0.230 e. The number of amides is 1. The largest absolute Gasteiger partial charge is 0.497 e. The highest BCUT2D eigenvalue weighted by Gasteiger charge is 2.18. The van der Waals surface area contributed by atoms with Crippen LogP contribution in [-0.2, 0) is 11.2 Å². The first-order valence-corrected chi connectivity index (χ1v) is 9.40. The molecule has 0 atom stereocenters. The quantitative estimate of drug-likeness (QED) is 0.558. The number of fused-ring (bicyclic) bond motifs is 1. The molecule has 29 heavy (non-hydrogen) atoms. The Kier molecular flexibility index (Phi) is 4.99. The van der Waals surface area contributed by atoms with Gasteiger partial charge in [0.15, 0.2) is 5.65 Å². The molecule has 1 amide bonds. The van der Waals surface area contributed by atoms with Gasteiger partial charge in [0.25, 0.3) is 0 Å². The number of rotatable bonds is 5. The molecule has 0 spiro atoms. The van der Waals surface area contributed by atoms with Crippen molar-refractivity contribution in [2.75, 3.05) is 12.4 Å². The SMILES string of the molecule is COc1ccc(NC(=O)Cc2c(-c3ccc(C)cc3)nc3ccc(C)nn23)cc1. The summed E-state index contributed by atoms with van der Waals surface area (Å²) in [6, 6.07) is 19.2. The number of carbonyl (C=O) groups is 1. The minimum atomic E-state index is -0.131. The van der Waals surface area contributed by atoms with Crippen LogP contribution in [0.2, 0.25) is 0 Å². The Labute approximate surface area is 169 Å². The minimum Gasteiger partial charge on any atom is -0.497 e. The molecule has 0 unspecified atom stereocenters. The smallest absolute Gasteiger partial charge is 0.230 e. The predicted molar refractivity (Wildman–Crippen MR) is 113 cm³/mol. The highest BCUT2D eigenvalue weighted by molar-refractivity contribution is 5.93. The maximum atomic E-state index is 12.8. The van der Waals surface area contributed by atoms with E-state index in [1.807, 2.05) is 74.5 Å². The van der Waals surface area contributed by atoms with Gasteiger partial charge in [-0.25, -0.2) is 9.50 Å². The second-order valence-corrected chi connectivity index (χ2v) is 6.97. The van der Waals surface area contributed by atoms with Gasteiger partial charge in [0.2, 0.25) is 5.91 Å². The van der Waals surface area contributed by atoms with Crippen molar-refractivity contribution in [2.45, 2.75) is 20.3 Å². The third-order valence-corrected chi connectivity index (χ3v) is 4.73. The first-order valence-electron chi connectivity index (χ1n) is 9.40. The minimum absolute atomic E-state index is 0.131. The third kappa shape index (κ3) is 3.96. The van der Waals surface area contributed by atoms with Crippen molar-refractivity contribution in [1.29, 1.82) is 0 Å². The molecular formula is C23H22N4O2. The van der Waals surface area contributed by atoms with Crippen LogP contribution in [0.3, 0.4) is 0 Å². The van der Waals surface area contributed by atoms with Gasteiger partial charge in [0, 0.05) is 11.3 Å². The van der Waals surface area contributed by atoms with Crippen molar-refractivity contribution in [3.8, 4) is 17.0 Å². The van der Waals surface area contributed by atoms with Crippen LogP contribution in [0.1, 0.15) is 17.0 Å². The summed E-state index contributed by atoms with van der Waals surface area (Å²) < 4.78 is 6.92. The van der Waals surface area contributed by atoms with Crippen LogP contribution < -0.4 is 10.1 Å². The molecule has 6 nitrogen and oxygen atoms in total. The number of nitrogens with zero attached hydrogens (tertiary/aromatic N) is 3. The van der Waals surface area contributed by atoms with Crippen molar-refractivity contribution < 1.29 is 9.53 Å². The topological polar surface area (TPSA) is 68.5 Å². The summed E-state index contributed by atoms with van der Waals surface area (Å²) in [4.78, 5) is 17.5. The second kappa shape index (κ2) is 7.75. The lowest BCUT2D eigenvalue weighted by atomic mass is 10.1. The molecule has 4 rings (SSSR count). The molecule has 0 aliphatic heterocycles. The lowest BCUT2D eigenvalue weighted by molar-refractivity contribution is -0.115. The van der Waals surface area contributed by atoms with Crippen molar-refractivity contribution in [2.24, 2.45) is 0 Å². The highest BCUT2D eigenvalue weighted by Crippen LogP contribution is 2.25. The van der Waals surface area contributed by atoms with E-state index in [9.17, 15) is 4.79 Å². The molecular weight excluding hydrogens is 364 g/mol. The van der Waals surface area contributed by atoms with Crippen LogP contribution in [0.25, 0.3) is 16.9 Å². The van der Waals surface area contributed by atoms with Gasteiger partial charge in [0.05, 0.1) is 30.6 Å². The molecule has 0 aliphatic carbocycles. The molecule has 0 saturated carbocycles. The number of nitrogens with one attached hydrogen (secondary N) is 1. The Bertz CT molecular complexity index is 1160. The Hall–Kier alpha value is -3.67. The monoisotopic (exact) mass is 386 g/mol. The lowest BCUT2D eigenvalue weighted by Crippen LogP contribution is -2.16. The van der Waals surface area contributed by atoms with Crippen molar-refractivity contribution in [1.82, 2.24) is 14.6 Å². The number of ether oxygens (including phenoxy) is 1. The Morgan fingerprint density at radius 1 is 1.00 bits per heavy atom. The van der Waals surface area contributed by atoms with E-state index in [2.05, 4.69) is 10.4 Å².